The lowest BCUT2D eigenvalue weighted by Gasteiger charge is -2.09. The van der Waals surface area contributed by atoms with Crippen LogP contribution in [0.1, 0.15) is 21.5 Å². The second kappa shape index (κ2) is 4.44. The SMILES string of the molecule is COc1ccc(C(=O)O)c(CN)c1C#N. The third kappa shape index (κ3) is 1.90. The van der Waals surface area contributed by atoms with Crippen LogP contribution < -0.4 is 10.5 Å². The van der Waals surface area contributed by atoms with Crippen molar-refractivity contribution in [1.29, 1.82) is 5.26 Å². The maximum Gasteiger partial charge on any atom is 0.336 e. The number of ether oxygens (including phenoxy) is 1. The van der Waals surface area contributed by atoms with Crippen LogP contribution in [0, 0.1) is 11.3 Å². The minimum atomic E-state index is -1.10. The average molecular weight is 206 g/mol. The number of carboxylic acids is 1. The maximum absolute atomic E-state index is 10.8. The Hall–Kier alpha value is -2.06. The number of aromatic carboxylic acids is 1. The van der Waals surface area contributed by atoms with Gasteiger partial charge in [-0.3, -0.25) is 0 Å². The molecular weight excluding hydrogens is 196 g/mol. The van der Waals surface area contributed by atoms with Gasteiger partial charge in [-0.25, -0.2) is 4.79 Å². The summed E-state index contributed by atoms with van der Waals surface area (Å²) < 4.78 is 4.94. The molecule has 3 N–H and O–H groups in total. The molecule has 0 heterocycles. The molecule has 0 aliphatic rings. The van der Waals surface area contributed by atoms with Crippen molar-refractivity contribution in [3.63, 3.8) is 0 Å². The van der Waals surface area contributed by atoms with Crippen molar-refractivity contribution in [2.75, 3.05) is 7.11 Å². The molecule has 15 heavy (non-hydrogen) atoms. The maximum atomic E-state index is 10.8. The fourth-order valence-electron chi connectivity index (χ4n) is 1.33. The van der Waals surface area contributed by atoms with E-state index in [1.54, 1.807) is 0 Å². The Labute approximate surface area is 86.7 Å². The number of methoxy groups -OCH3 is 1. The van der Waals surface area contributed by atoms with Gasteiger partial charge in [0, 0.05) is 12.1 Å². The summed E-state index contributed by atoms with van der Waals surface area (Å²) in [4.78, 5) is 10.8. The Morgan fingerprint density at radius 3 is 2.73 bits per heavy atom. The molecule has 1 aromatic rings. The molecule has 0 saturated heterocycles. The number of nitrogens with two attached hydrogens (primary N) is 1. The molecule has 0 unspecified atom stereocenters. The summed E-state index contributed by atoms with van der Waals surface area (Å²) in [5.74, 6) is -0.766. The van der Waals surface area contributed by atoms with Gasteiger partial charge in [-0.05, 0) is 12.1 Å². The van der Waals surface area contributed by atoms with Crippen LogP contribution in [0.15, 0.2) is 12.1 Å². The standard InChI is InChI=1S/C10H10N2O3/c1-15-9-3-2-6(10(13)14)7(4-11)8(9)5-12/h2-3H,4,11H2,1H3,(H,13,14). The number of hydrogen-bond donors (Lipinski definition) is 2. The lowest BCUT2D eigenvalue weighted by Crippen LogP contribution is -2.10. The highest BCUT2D eigenvalue weighted by atomic mass is 16.5. The number of carboxylic acid groups (broad SMARTS) is 1. The molecule has 78 valence electrons. The van der Waals surface area contributed by atoms with Gasteiger partial charge in [-0.1, -0.05) is 0 Å². The van der Waals surface area contributed by atoms with E-state index in [9.17, 15) is 4.79 Å². The topological polar surface area (TPSA) is 96.3 Å². The number of carbonyl (C=O) groups is 1. The van der Waals surface area contributed by atoms with Crippen LogP contribution in [0.5, 0.6) is 5.75 Å². The zero-order valence-corrected chi connectivity index (χ0v) is 8.15. The first-order valence-electron chi connectivity index (χ1n) is 4.19. The third-order valence-corrected chi connectivity index (χ3v) is 2.04. The van der Waals surface area contributed by atoms with Crippen LogP contribution >= 0.6 is 0 Å². The molecule has 0 aliphatic heterocycles. The highest BCUT2D eigenvalue weighted by Crippen LogP contribution is 2.24. The van der Waals surface area contributed by atoms with E-state index in [1.165, 1.54) is 19.2 Å². The Balaban J connectivity index is 3.50. The second-order valence-corrected chi connectivity index (χ2v) is 2.79. The summed E-state index contributed by atoms with van der Waals surface area (Å²) in [6.45, 7) is -0.0122. The van der Waals surface area contributed by atoms with Crippen molar-refractivity contribution in [3.8, 4) is 11.8 Å². The van der Waals surface area contributed by atoms with E-state index in [-0.39, 0.29) is 17.7 Å². The van der Waals surface area contributed by atoms with E-state index < -0.39 is 5.97 Å². The molecular formula is C10H10N2O3. The smallest absolute Gasteiger partial charge is 0.336 e. The lowest BCUT2D eigenvalue weighted by molar-refractivity contribution is 0.0695. The molecule has 0 amide bonds. The molecule has 0 radical (unpaired) electrons. The Morgan fingerprint density at radius 2 is 2.33 bits per heavy atom. The molecule has 0 bridgehead atoms. The van der Waals surface area contributed by atoms with Crippen LogP contribution in [-0.2, 0) is 6.54 Å². The molecule has 0 saturated carbocycles. The average Bonchev–Trinajstić information content (AvgIpc) is 2.26. The fourth-order valence-corrected chi connectivity index (χ4v) is 1.33. The van der Waals surface area contributed by atoms with Crippen LogP contribution in [0.25, 0.3) is 0 Å². The predicted molar refractivity (Wildman–Crippen MR) is 52.6 cm³/mol. The van der Waals surface area contributed by atoms with Crippen molar-refractivity contribution in [1.82, 2.24) is 0 Å². The summed E-state index contributed by atoms with van der Waals surface area (Å²) in [6.07, 6.45) is 0. The van der Waals surface area contributed by atoms with Crippen molar-refractivity contribution >= 4 is 5.97 Å². The summed E-state index contributed by atoms with van der Waals surface area (Å²) in [5.41, 5.74) is 5.93. The Kier molecular flexibility index (Phi) is 3.26. The summed E-state index contributed by atoms with van der Waals surface area (Å²) >= 11 is 0. The van der Waals surface area contributed by atoms with Gasteiger partial charge in [0.15, 0.2) is 0 Å². The molecule has 5 heteroatoms. The highest BCUT2D eigenvalue weighted by molar-refractivity contribution is 5.90. The molecule has 1 rings (SSSR count). The van der Waals surface area contributed by atoms with Crippen LogP contribution in [0.4, 0.5) is 0 Å². The number of nitriles is 1. The van der Waals surface area contributed by atoms with Gasteiger partial charge >= 0.3 is 5.97 Å². The number of hydrogen-bond acceptors (Lipinski definition) is 4. The normalized spacial score (nSPS) is 9.40. The fraction of sp³-hybridized carbons (Fsp3) is 0.200. The van der Waals surface area contributed by atoms with Gasteiger partial charge in [0.1, 0.15) is 11.8 Å². The largest absolute Gasteiger partial charge is 0.495 e. The first kappa shape index (κ1) is 11.0. The van der Waals surface area contributed by atoms with Gasteiger partial charge < -0.3 is 15.6 Å². The van der Waals surface area contributed by atoms with E-state index in [1.807, 2.05) is 6.07 Å². The Morgan fingerprint density at radius 1 is 1.67 bits per heavy atom. The number of benzene rings is 1. The van der Waals surface area contributed by atoms with Gasteiger partial charge in [0.05, 0.1) is 18.2 Å². The predicted octanol–water partition coefficient (Wildman–Crippen LogP) is 0.724. The molecule has 0 aliphatic carbocycles. The zero-order valence-electron chi connectivity index (χ0n) is 8.15. The van der Waals surface area contributed by atoms with Gasteiger partial charge in [-0.15, -0.1) is 0 Å². The molecule has 0 aromatic heterocycles. The zero-order chi connectivity index (χ0) is 11.4. The lowest BCUT2D eigenvalue weighted by atomic mass is 10.0. The summed E-state index contributed by atoms with van der Waals surface area (Å²) in [5, 5.41) is 17.8. The quantitative estimate of drug-likeness (QED) is 0.759. The van der Waals surface area contributed by atoms with Crippen LogP contribution in [0.2, 0.25) is 0 Å². The summed E-state index contributed by atoms with van der Waals surface area (Å²) in [6, 6.07) is 4.72. The summed E-state index contributed by atoms with van der Waals surface area (Å²) in [7, 11) is 1.41. The molecule has 0 spiro atoms. The van der Waals surface area contributed by atoms with Gasteiger partial charge in [0.2, 0.25) is 0 Å². The number of nitrogens with zero attached hydrogens (tertiary/aromatic N) is 1. The first-order valence-corrected chi connectivity index (χ1v) is 4.19. The van der Waals surface area contributed by atoms with E-state index in [0.717, 1.165) is 0 Å². The Bertz CT molecular complexity index is 435. The van der Waals surface area contributed by atoms with Crippen molar-refractivity contribution in [3.05, 3.63) is 28.8 Å². The first-order chi connectivity index (χ1) is 7.15. The van der Waals surface area contributed by atoms with Crippen LogP contribution in [0.3, 0.4) is 0 Å². The van der Waals surface area contributed by atoms with Crippen LogP contribution in [-0.4, -0.2) is 18.2 Å². The third-order valence-electron chi connectivity index (χ3n) is 2.04. The molecule has 0 fully saturated rings. The molecule has 1 aromatic carbocycles. The molecule has 0 atom stereocenters. The van der Waals surface area contributed by atoms with Crippen molar-refractivity contribution in [2.45, 2.75) is 6.54 Å². The van der Waals surface area contributed by atoms with E-state index in [0.29, 0.717) is 11.3 Å². The van der Waals surface area contributed by atoms with Crippen molar-refractivity contribution in [2.24, 2.45) is 5.73 Å². The van der Waals surface area contributed by atoms with E-state index in [2.05, 4.69) is 0 Å². The monoisotopic (exact) mass is 206 g/mol. The van der Waals surface area contributed by atoms with Gasteiger partial charge in [-0.2, -0.15) is 5.26 Å². The highest BCUT2D eigenvalue weighted by Gasteiger charge is 2.16. The second-order valence-electron chi connectivity index (χ2n) is 2.79. The van der Waals surface area contributed by atoms with Crippen molar-refractivity contribution < 1.29 is 14.6 Å². The van der Waals surface area contributed by atoms with E-state index in [4.69, 9.17) is 20.8 Å². The minimum absolute atomic E-state index is 0.0122. The van der Waals surface area contributed by atoms with Gasteiger partial charge in [0.25, 0.3) is 0 Å². The van der Waals surface area contributed by atoms with E-state index >= 15 is 0 Å². The number of rotatable bonds is 3. The minimum Gasteiger partial charge on any atom is -0.495 e. The molecule has 5 nitrogen and oxygen atoms in total.